The molecule has 2 fully saturated rings. The summed E-state index contributed by atoms with van der Waals surface area (Å²) in [7, 11) is 0. The number of benzene rings is 2. The molecular weight excluding hydrogens is 404 g/mol. The number of nitriles is 1. The Labute approximate surface area is 188 Å². The fraction of sp³-hybridized carbons (Fsp3) is 0.400. The SMILES string of the molecule is CCOC(=O)c1cccc(-c2ccc(N3CCC(NC(=O)C4CCCN4)C3)c(C#N)c2)c1. The summed E-state index contributed by atoms with van der Waals surface area (Å²) in [5.41, 5.74) is 3.66. The fourth-order valence-corrected chi connectivity index (χ4v) is 4.43. The third-order valence-electron chi connectivity index (χ3n) is 6.08. The molecule has 1 amide bonds. The fourth-order valence-electron chi connectivity index (χ4n) is 4.43. The van der Waals surface area contributed by atoms with E-state index in [4.69, 9.17) is 4.74 Å². The van der Waals surface area contributed by atoms with Crippen molar-refractivity contribution in [3.63, 3.8) is 0 Å². The van der Waals surface area contributed by atoms with Crippen molar-refractivity contribution in [2.45, 2.75) is 38.3 Å². The Morgan fingerprint density at radius 2 is 2.06 bits per heavy atom. The quantitative estimate of drug-likeness (QED) is 0.682. The average Bonchev–Trinajstić information content (AvgIpc) is 3.51. The van der Waals surface area contributed by atoms with Gasteiger partial charge in [-0.15, -0.1) is 0 Å². The lowest BCUT2D eigenvalue weighted by Crippen LogP contribution is -2.46. The number of rotatable bonds is 6. The second kappa shape index (κ2) is 9.84. The molecule has 166 valence electrons. The summed E-state index contributed by atoms with van der Waals surface area (Å²) < 4.78 is 5.09. The Morgan fingerprint density at radius 1 is 1.22 bits per heavy atom. The zero-order valence-electron chi connectivity index (χ0n) is 18.3. The van der Waals surface area contributed by atoms with Crippen LogP contribution in [0.4, 0.5) is 5.69 Å². The summed E-state index contributed by atoms with van der Waals surface area (Å²) >= 11 is 0. The van der Waals surface area contributed by atoms with Crippen LogP contribution in [0.5, 0.6) is 0 Å². The molecule has 2 N–H and O–H groups in total. The van der Waals surface area contributed by atoms with E-state index in [-0.39, 0.29) is 24.0 Å². The van der Waals surface area contributed by atoms with Gasteiger partial charge in [-0.2, -0.15) is 5.26 Å². The summed E-state index contributed by atoms with van der Waals surface area (Å²) in [4.78, 5) is 26.6. The van der Waals surface area contributed by atoms with E-state index in [1.165, 1.54) is 0 Å². The van der Waals surface area contributed by atoms with Gasteiger partial charge in [0, 0.05) is 19.1 Å². The van der Waals surface area contributed by atoms with Gasteiger partial charge in [0.2, 0.25) is 5.91 Å². The van der Waals surface area contributed by atoms with Gasteiger partial charge in [-0.3, -0.25) is 4.79 Å². The van der Waals surface area contributed by atoms with Crippen molar-refractivity contribution < 1.29 is 14.3 Å². The number of nitrogens with one attached hydrogen (secondary N) is 2. The maximum atomic E-state index is 12.4. The molecular formula is C25H28N4O3. The van der Waals surface area contributed by atoms with Crippen molar-refractivity contribution in [2.24, 2.45) is 0 Å². The molecule has 4 rings (SSSR count). The molecule has 2 atom stereocenters. The molecule has 2 aliphatic rings. The molecule has 0 saturated carbocycles. The number of ether oxygens (including phenoxy) is 1. The topological polar surface area (TPSA) is 94.5 Å². The maximum absolute atomic E-state index is 12.4. The third-order valence-corrected chi connectivity index (χ3v) is 6.08. The zero-order valence-corrected chi connectivity index (χ0v) is 18.3. The predicted molar refractivity (Wildman–Crippen MR) is 122 cm³/mol. The van der Waals surface area contributed by atoms with E-state index in [0.717, 1.165) is 49.2 Å². The van der Waals surface area contributed by atoms with Gasteiger partial charge in [0.15, 0.2) is 0 Å². The highest BCUT2D eigenvalue weighted by atomic mass is 16.5. The Kier molecular flexibility index (Phi) is 6.72. The summed E-state index contributed by atoms with van der Waals surface area (Å²) in [6.07, 6.45) is 2.78. The molecule has 2 saturated heterocycles. The van der Waals surface area contributed by atoms with Crippen molar-refractivity contribution >= 4 is 17.6 Å². The highest BCUT2D eigenvalue weighted by molar-refractivity contribution is 5.91. The van der Waals surface area contributed by atoms with E-state index >= 15 is 0 Å². The number of hydrogen-bond acceptors (Lipinski definition) is 6. The molecule has 2 aliphatic heterocycles. The lowest BCUT2D eigenvalue weighted by atomic mass is 10.00. The Hall–Kier alpha value is -3.37. The van der Waals surface area contributed by atoms with Crippen molar-refractivity contribution in [3.8, 4) is 17.2 Å². The number of hydrogen-bond donors (Lipinski definition) is 2. The predicted octanol–water partition coefficient (Wildman–Crippen LogP) is 2.85. The first-order valence-corrected chi connectivity index (χ1v) is 11.2. The molecule has 7 nitrogen and oxygen atoms in total. The first-order valence-electron chi connectivity index (χ1n) is 11.2. The molecule has 0 radical (unpaired) electrons. The van der Waals surface area contributed by atoms with Crippen LogP contribution in [0, 0.1) is 11.3 Å². The van der Waals surface area contributed by atoms with E-state index in [9.17, 15) is 14.9 Å². The van der Waals surface area contributed by atoms with Crippen LogP contribution in [-0.4, -0.2) is 50.2 Å². The second-order valence-electron chi connectivity index (χ2n) is 8.23. The van der Waals surface area contributed by atoms with Crippen LogP contribution in [0.15, 0.2) is 42.5 Å². The standard InChI is InChI=1S/C25H28N4O3/c1-2-32-25(31)19-6-3-5-17(13-19)18-8-9-23(20(14-18)15-26)29-12-10-21(16-29)28-24(30)22-7-4-11-27-22/h3,5-6,8-9,13-14,21-22,27H,2,4,7,10-12,16H2,1H3,(H,28,30). The van der Waals surface area contributed by atoms with E-state index in [2.05, 4.69) is 21.6 Å². The monoisotopic (exact) mass is 432 g/mol. The van der Waals surface area contributed by atoms with Crippen molar-refractivity contribution in [2.75, 3.05) is 31.1 Å². The Morgan fingerprint density at radius 3 is 2.81 bits per heavy atom. The van der Waals surface area contributed by atoms with E-state index < -0.39 is 0 Å². The lowest BCUT2D eigenvalue weighted by Gasteiger charge is -2.21. The first kappa shape index (κ1) is 21.8. The number of amides is 1. The van der Waals surface area contributed by atoms with Gasteiger partial charge >= 0.3 is 5.97 Å². The van der Waals surface area contributed by atoms with Crippen LogP contribution in [-0.2, 0) is 9.53 Å². The van der Waals surface area contributed by atoms with Crippen LogP contribution in [0.25, 0.3) is 11.1 Å². The van der Waals surface area contributed by atoms with Gasteiger partial charge in [-0.25, -0.2) is 4.79 Å². The molecule has 0 aliphatic carbocycles. The minimum absolute atomic E-state index is 0.0756. The number of carbonyl (C=O) groups excluding carboxylic acids is 2. The van der Waals surface area contributed by atoms with Crippen LogP contribution in [0.1, 0.15) is 42.1 Å². The highest BCUT2D eigenvalue weighted by Crippen LogP contribution is 2.30. The van der Waals surface area contributed by atoms with Gasteiger partial charge < -0.3 is 20.3 Å². The van der Waals surface area contributed by atoms with E-state index in [1.807, 2.05) is 30.3 Å². The molecule has 2 aromatic carbocycles. The number of nitrogens with zero attached hydrogens (tertiary/aromatic N) is 2. The van der Waals surface area contributed by atoms with E-state index in [1.54, 1.807) is 19.1 Å². The Bertz CT molecular complexity index is 1040. The van der Waals surface area contributed by atoms with Crippen LogP contribution in [0.3, 0.4) is 0 Å². The van der Waals surface area contributed by atoms with Crippen LogP contribution < -0.4 is 15.5 Å². The highest BCUT2D eigenvalue weighted by Gasteiger charge is 2.29. The normalized spacial score (nSPS) is 20.1. The first-order chi connectivity index (χ1) is 15.6. The van der Waals surface area contributed by atoms with Gasteiger partial charge in [-0.05, 0) is 68.1 Å². The lowest BCUT2D eigenvalue weighted by molar-refractivity contribution is -0.123. The average molecular weight is 433 g/mol. The molecule has 2 aromatic rings. The van der Waals surface area contributed by atoms with Crippen molar-refractivity contribution in [1.29, 1.82) is 5.26 Å². The third kappa shape index (κ3) is 4.76. The second-order valence-corrected chi connectivity index (χ2v) is 8.23. The molecule has 0 spiro atoms. The van der Waals surface area contributed by atoms with Crippen molar-refractivity contribution in [1.82, 2.24) is 10.6 Å². The molecule has 0 bridgehead atoms. The van der Waals surface area contributed by atoms with Gasteiger partial charge in [-0.1, -0.05) is 18.2 Å². The largest absolute Gasteiger partial charge is 0.462 e. The number of carbonyl (C=O) groups is 2. The smallest absolute Gasteiger partial charge is 0.338 e. The summed E-state index contributed by atoms with van der Waals surface area (Å²) in [5, 5.41) is 16.2. The molecule has 2 unspecified atom stereocenters. The number of esters is 1. The summed E-state index contributed by atoms with van der Waals surface area (Å²) in [6, 6.07) is 15.3. The molecule has 32 heavy (non-hydrogen) atoms. The molecule has 2 heterocycles. The minimum atomic E-state index is -0.357. The molecule has 0 aromatic heterocycles. The number of anilines is 1. The van der Waals surface area contributed by atoms with Crippen LogP contribution in [0.2, 0.25) is 0 Å². The van der Waals surface area contributed by atoms with Crippen LogP contribution >= 0.6 is 0 Å². The minimum Gasteiger partial charge on any atom is -0.462 e. The summed E-state index contributed by atoms with van der Waals surface area (Å²) in [5.74, 6) is -0.281. The van der Waals surface area contributed by atoms with Crippen molar-refractivity contribution in [3.05, 3.63) is 53.6 Å². The van der Waals surface area contributed by atoms with Gasteiger partial charge in [0.25, 0.3) is 0 Å². The van der Waals surface area contributed by atoms with E-state index in [0.29, 0.717) is 24.3 Å². The Balaban J connectivity index is 1.47. The van der Waals surface area contributed by atoms with Gasteiger partial charge in [0.05, 0.1) is 29.5 Å². The maximum Gasteiger partial charge on any atom is 0.338 e. The van der Waals surface area contributed by atoms with Gasteiger partial charge in [0.1, 0.15) is 6.07 Å². The molecule has 7 heteroatoms. The summed E-state index contributed by atoms with van der Waals surface area (Å²) in [6.45, 7) is 4.47. The zero-order chi connectivity index (χ0) is 22.5.